The molecule has 5 heteroatoms. The van der Waals surface area contributed by atoms with Crippen LogP contribution in [-0.4, -0.2) is 9.97 Å². The number of rotatable bonds is 1. The van der Waals surface area contributed by atoms with E-state index in [2.05, 4.69) is 9.97 Å². The van der Waals surface area contributed by atoms with Crippen LogP contribution in [0.4, 0.5) is 14.7 Å². The zero-order chi connectivity index (χ0) is 10.8. The smallest absolute Gasteiger partial charge is 0.220 e. The van der Waals surface area contributed by atoms with E-state index < -0.39 is 11.6 Å². The molecule has 3 nitrogen and oxygen atoms in total. The molecule has 0 unspecified atom stereocenters. The van der Waals surface area contributed by atoms with E-state index in [0.29, 0.717) is 0 Å². The predicted molar refractivity (Wildman–Crippen MR) is 51.8 cm³/mol. The number of nitrogens with two attached hydrogens (primary N) is 1. The van der Waals surface area contributed by atoms with Crippen molar-refractivity contribution in [3.8, 4) is 11.3 Å². The van der Waals surface area contributed by atoms with Gasteiger partial charge in [-0.2, -0.15) is 0 Å². The maximum Gasteiger partial charge on any atom is 0.220 e. The minimum absolute atomic E-state index is 0.0184. The van der Waals surface area contributed by atoms with Crippen molar-refractivity contribution < 1.29 is 8.78 Å². The highest BCUT2D eigenvalue weighted by Crippen LogP contribution is 2.23. The molecule has 0 radical (unpaired) electrons. The Bertz CT molecular complexity index is 480. The summed E-state index contributed by atoms with van der Waals surface area (Å²) in [6, 6.07) is 5.02. The van der Waals surface area contributed by atoms with Crippen molar-refractivity contribution >= 4 is 5.95 Å². The van der Waals surface area contributed by atoms with E-state index in [1.54, 1.807) is 0 Å². The zero-order valence-corrected chi connectivity index (χ0v) is 7.61. The van der Waals surface area contributed by atoms with Gasteiger partial charge in [0.05, 0.1) is 11.3 Å². The monoisotopic (exact) mass is 207 g/mol. The third kappa shape index (κ3) is 1.76. The minimum atomic E-state index is -0.673. The van der Waals surface area contributed by atoms with E-state index in [9.17, 15) is 8.78 Å². The van der Waals surface area contributed by atoms with Crippen LogP contribution in [-0.2, 0) is 0 Å². The number of aromatic nitrogens is 2. The van der Waals surface area contributed by atoms with Crippen molar-refractivity contribution in [1.82, 2.24) is 9.97 Å². The molecular weight excluding hydrogens is 200 g/mol. The van der Waals surface area contributed by atoms with E-state index in [4.69, 9.17) is 5.73 Å². The molecule has 0 spiro atoms. The lowest BCUT2D eigenvalue weighted by molar-refractivity contribution is 0.588. The van der Waals surface area contributed by atoms with Crippen molar-refractivity contribution in [3.63, 3.8) is 0 Å². The summed E-state index contributed by atoms with van der Waals surface area (Å²) >= 11 is 0. The lowest BCUT2D eigenvalue weighted by atomic mass is 10.1. The normalized spacial score (nSPS) is 10.3. The molecule has 0 aliphatic heterocycles. The van der Waals surface area contributed by atoms with Crippen LogP contribution in [0.5, 0.6) is 0 Å². The number of nitrogens with zero attached hydrogens (tertiary/aromatic N) is 2. The molecule has 0 bridgehead atoms. The van der Waals surface area contributed by atoms with E-state index in [-0.39, 0.29) is 17.2 Å². The van der Waals surface area contributed by atoms with Crippen molar-refractivity contribution in [2.24, 2.45) is 0 Å². The van der Waals surface area contributed by atoms with Crippen LogP contribution in [0.1, 0.15) is 0 Å². The van der Waals surface area contributed by atoms with Gasteiger partial charge in [-0.15, -0.1) is 0 Å². The average Bonchev–Trinajstić information content (AvgIpc) is 2.17. The first-order chi connectivity index (χ1) is 7.18. The van der Waals surface area contributed by atoms with Gasteiger partial charge < -0.3 is 5.73 Å². The molecule has 0 saturated carbocycles. The summed E-state index contributed by atoms with van der Waals surface area (Å²) in [4.78, 5) is 7.40. The fourth-order valence-corrected chi connectivity index (χ4v) is 1.26. The number of anilines is 1. The topological polar surface area (TPSA) is 51.8 Å². The van der Waals surface area contributed by atoms with Gasteiger partial charge in [0.1, 0.15) is 11.6 Å². The maximum atomic E-state index is 13.3. The van der Waals surface area contributed by atoms with Crippen molar-refractivity contribution in [3.05, 3.63) is 42.1 Å². The van der Waals surface area contributed by atoms with Gasteiger partial charge in [0.2, 0.25) is 5.95 Å². The van der Waals surface area contributed by atoms with Gasteiger partial charge in [-0.25, -0.2) is 18.7 Å². The molecule has 0 saturated heterocycles. The van der Waals surface area contributed by atoms with Crippen LogP contribution in [0.2, 0.25) is 0 Å². The molecule has 2 N–H and O–H groups in total. The maximum absolute atomic E-state index is 13.3. The first-order valence-electron chi connectivity index (χ1n) is 4.21. The summed E-state index contributed by atoms with van der Waals surface area (Å²) in [5.41, 5.74) is 5.28. The molecule has 2 aromatic rings. The summed E-state index contributed by atoms with van der Waals surface area (Å²) in [6.45, 7) is 0. The standard InChI is InChI=1S/C10H7F2N3/c11-6-2-1-3-7(12)9(6)8-4-5-14-10(13)15-8/h1-5H,(H2,13,14,15). The van der Waals surface area contributed by atoms with Gasteiger partial charge in [-0.05, 0) is 18.2 Å². The van der Waals surface area contributed by atoms with Gasteiger partial charge >= 0.3 is 0 Å². The molecule has 1 heterocycles. The second kappa shape index (κ2) is 3.61. The Hall–Kier alpha value is -2.04. The van der Waals surface area contributed by atoms with E-state index in [1.165, 1.54) is 18.3 Å². The van der Waals surface area contributed by atoms with Gasteiger partial charge in [-0.3, -0.25) is 0 Å². The molecule has 0 fully saturated rings. The summed E-state index contributed by atoms with van der Waals surface area (Å²) < 4.78 is 26.7. The summed E-state index contributed by atoms with van der Waals surface area (Å²) in [5, 5.41) is 0. The molecule has 0 aliphatic rings. The number of hydrogen-bond donors (Lipinski definition) is 1. The molecule has 1 aromatic heterocycles. The molecule has 76 valence electrons. The molecule has 15 heavy (non-hydrogen) atoms. The van der Waals surface area contributed by atoms with Crippen LogP contribution in [0.25, 0.3) is 11.3 Å². The Labute approximate surface area is 84.6 Å². The van der Waals surface area contributed by atoms with Crippen molar-refractivity contribution in [2.45, 2.75) is 0 Å². The van der Waals surface area contributed by atoms with E-state index in [1.807, 2.05) is 0 Å². The minimum Gasteiger partial charge on any atom is -0.368 e. The van der Waals surface area contributed by atoms with Gasteiger partial charge in [0.15, 0.2) is 0 Å². The predicted octanol–water partition coefficient (Wildman–Crippen LogP) is 2.00. The third-order valence-electron chi connectivity index (χ3n) is 1.89. The lowest BCUT2D eigenvalue weighted by Gasteiger charge is -2.03. The Morgan fingerprint density at radius 2 is 1.73 bits per heavy atom. The number of hydrogen-bond acceptors (Lipinski definition) is 3. The Balaban J connectivity index is 2.63. The Morgan fingerprint density at radius 3 is 2.33 bits per heavy atom. The highest BCUT2D eigenvalue weighted by atomic mass is 19.1. The number of nitrogen functional groups attached to an aromatic ring is 1. The third-order valence-corrected chi connectivity index (χ3v) is 1.89. The molecule has 1 aromatic carbocycles. The van der Waals surface area contributed by atoms with Crippen LogP contribution < -0.4 is 5.73 Å². The fraction of sp³-hybridized carbons (Fsp3) is 0. The Morgan fingerprint density at radius 1 is 1.07 bits per heavy atom. The van der Waals surface area contributed by atoms with Gasteiger partial charge in [0, 0.05) is 6.20 Å². The van der Waals surface area contributed by atoms with Crippen molar-refractivity contribution in [2.75, 3.05) is 5.73 Å². The second-order valence-electron chi connectivity index (χ2n) is 2.90. The first-order valence-corrected chi connectivity index (χ1v) is 4.21. The van der Waals surface area contributed by atoms with Crippen LogP contribution in [0.3, 0.4) is 0 Å². The SMILES string of the molecule is Nc1nccc(-c2c(F)cccc2F)n1. The molecular formula is C10H7F2N3. The molecule has 0 aliphatic carbocycles. The zero-order valence-electron chi connectivity index (χ0n) is 7.61. The van der Waals surface area contributed by atoms with Crippen LogP contribution in [0.15, 0.2) is 30.5 Å². The number of benzene rings is 1. The van der Waals surface area contributed by atoms with Crippen LogP contribution >= 0.6 is 0 Å². The molecule has 0 amide bonds. The lowest BCUT2D eigenvalue weighted by Crippen LogP contribution is -1.98. The highest BCUT2D eigenvalue weighted by Gasteiger charge is 2.12. The molecule has 0 atom stereocenters. The average molecular weight is 207 g/mol. The second-order valence-corrected chi connectivity index (χ2v) is 2.90. The van der Waals surface area contributed by atoms with Gasteiger partial charge in [0.25, 0.3) is 0 Å². The fourth-order valence-electron chi connectivity index (χ4n) is 1.26. The largest absolute Gasteiger partial charge is 0.368 e. The summed E-state index contributed by atoms with van der Waals surface area (Å²) in [7, 11) is 0. The van der Waals surface area contributed by atoms with E-state index in [0.717, 1.165) is 12.1 Å². The molecule has 2 rings (SSSR count). The highest BCUT2D eigenvalue weighted by molar-refractivity contribution is 5.61. The number of halogens is 2. The quantitative estimate of drug-likeness (QED) is 0.778. The van der Waals surface area contributed by atoms with Crippen LogP contribution in [0, 0.1) is 11.6 Å². The Kier molecular flexibility index (Phi) is 2.29. The summed E-state index contributed by atoms with van der Waals surface area (Å²) in [6.07, 6.45) is 1.35. The van der Waals surface area contributed by atoms with Gasteiger partial charge in [-0.1, -0.05) is 6.07 Å². The first kappa shape index (κ1) is 9.51. The summed E-state index contributed by atoms with van der Waals surface area (Å²) in [5.74, 6) is -1.36. The van der Waals surface area contributed by atoms with E-state index >= 15 is 0 Å². The van der Waals surface area contributed by atoms with Crippen molar-refractivity contribution in [1.29, 1.82) is 0 Å².